The predicted octanol–water partition coefficient (Wildman–Crippen LogP) is 0.996. The lowest BCUT2D eigenvalue weighted by Crippen LogP contribution is -2.51. The van der Waals surface area contributed by atoms with Crippen molar-refractivity contribution < 1.29 is 9.53 Å². The summed E-state index contributed by atoms with van der Waals surface area (Å²) < 4.78 is 5.31. The third-order valence-corrected chi connectivity index (χ3v) is 3.97. The van der Waals surface area contributed by atoms with E-state index in [0.717, 1.165) is 39.0 Å². The first kappa shape index (κ1) is 12.6. The smallest absolute Gasteiger partial charge is 0.237 e. The molecule has 1 unspecified atom stereocenters. The van der Waals surface area contributed by atoms with Crippen LogP contribution in [0.2, 0.25) is 0 Å². The highest BCUT2D eigenvalue weighted by Crippen LogP contribution is 2.16. The topological polar surface area (TPSA) is 50.4 Å². The number of carbonyl (C=O) groups excluding carboxylic acids is 1. The fourth-order valence-electron chi connectivity index (χ4n) is 2.78. The molecule has 2 aliphatic rings. The zero-order valence-electron chi connectivity index (χ0n) is 11.0. The van der Waals surface area contributed by atoms with E-state index >= 15 is 0 Å². The molecule has 0 spiro atoms. The van der Waals surface area contributed by atoms with Crippen LogP contribution in [0.25, 0.3) is 0 Å². The monoisotopic (exact) mass is 260 g/mol. The molecule has 4 heteroatoms. The fourth-order valence-corrected chi connectivity index (χ4v) is 2.78. The minimum atomic E-state index is -0.0993. The van der Waals surface area contributed by atoms with E-state index in [1.165, 1.54) is 11.1 Å². The van der Waals surface area contributed by atoms with Crippen LogP contribution in [-0.4, -0.2) is 31.2 Å². The summed E-state index contributed by atoms with van der Waals surface area (Å²) >= 11 is 0. The molecule has 1 fully saturated rings. The Labute approximate surface area is 113 Å². The van der Waals surface area contributed by atoms with Crippen LogP contribution in [0.5, 0.6) is 0 Å². The van der Waals surface area contributed by atoms with Gasteiger partial charge in [-0.1, -0.05) is 24.3 Å². The number of ether oxygens (including phenoxy) is 1. The fraction of sp³-hybridized carbons (Fsp3) is 0.533. The van der Waals surface area contributed by atoms with E-state index < -0.39 is 0 Å². The molecule has 4 nitrogen and oxygen atoms in total. The lowest BCUT2D eigenvalue weighted by atomic mass is 9.95. The number of nitrogens with one attached hydrogen (secondary N) is 2. The summed E-state index contributed by atoms with van der Waals surface area (Å²) in [5.41, 5.74) is 2.59. The summed E-state index contributed by atoms with van der Waals surface area (Å²) in [5.74, 6) is 0.126. The number of hydrogen-bond donors (Lipinski definition) is 2. The standard InChI is InChI=1S/C15H20N2O2/c18-15(17-13-5-7-19-8-6-13)14-9-11-3-1-2-4-12(11)10-16-14/h1-4,13-14,16H,5-10H2,(H,17,18). The molecule has 102 valence electrons. The number of fused-ring (bicyclic) bond motifs is 1. The first-order chi connectivity index (χ1) is 9.33. The summed E-state index contributed by atoms with van der Waals surface area (Å²) in [6.45, 7) is 2.29. The third kappa shape index (κ3) is 2.96. The molecule has 1 saturated heterocycles. The Balaban J connectivity index is 1.59. The Hall–Kier alpha value is -1.39. The molecule has 2 heterocycles. The van der Waals surface area contributed by atoms with E-state index in [1.807, 2.05) is 12.1 Å². The van der Waals surface area contributed by atoms with Gasteiger partial charge in [-0.25, -0.2) is 0 Å². The highest BCUT2D eigenvalue weighted by Gasteiger charge is 2.26. The lowest BCUT2D eigenvalue weighted by Gasteiger charge is -2.29. The van der Waals surface area contributed by atoms with Crippen molar-refractivity contribution in [3.05, 3.63) is 35.4 Å². The maximum Gasteiger partial charge on any atom is 0.237 e. The molecule has 2 aliphatic heterocycles. The number of carbonyl (C=O) groups is 1. The van der Waals surface area contributed by atoms with E-state index in [1.54, 1.807) is 0 Å². The molecule has 1 atom stereocenters. The van der Waals surface area contributed by atoms with Crippen molar-refractivity contribution in [3.8, 4) is 0 Å². The number of rotatable bonds is 2. The van der Waals surface area contributed by atoms with Crippen LogP contribution in [-0.2, 0) is 22.5 Å². The van der Waals surface area contributed by atoms with Crippen LogP contribution >= 0.6 is 0 Å². The minimum Gasteiger partial charge on any atom is -0.381 e. The number of benzene rings is 1. The van der Waals surface area contributed by atoms with Crippen molar-refractivity contribution >= 4 is 5.91 Å². The minimum absolute atomic E-state index is 0.0993. The second kappa shape index (κ2) is 5.72. The van der Waals surface area contributed by atoms with Crippen molar-refractivity contribution in [2.75, 3.05) is 13.2 Å². The van der Waals surface area contributed by atoms with Crippen LogP contribution in [0.3, 0.4) is 0 Å². The highest BCUT2D eigenvalue weighted by molar-refractivity contribution is 5.82. The van der Waals surface area contributed by atoms with Gasteiger partial charge in [0.25, 0.3) is 0 Å². The average molecular weight is 260 g/mol. The lowest BCUT2D eigenvalue weighted by molar-refractivity contribution is -0.124. The van der Waals surface area contributed by atoms with E-state index in [0.29, 0.717) is 0 Å². The second-order valence-corrected chi connectivity index (χ2v) is 5.30. The molecule has 0 bridgehead atoms. The van der Waals surface area contributed by atoms with Gasteiger partial charge in [-0.15, -0.1) is 0 Å². The summed E-state index contributed by atoms with van der Waals surface area (Å²) in [4.78, 5) is 12.3. The van der Waals surface area contributed by atoms with Gasteiger partial charge in [-0.2, -0.15) is 0 Å². The molecular formula is C15H20N2O2. The van der Waals surface area contributed by atoms with Crippen molar-refractivity contribution in [2.45, 2.75) is 37.9 Å². The molecule has 0 aromatic heterocycles. The summed E-state index contributed by atoms with van der Waals surface area (Å²) in [5, 5.41) is 6.46. The number of amides is 1. The summed E-state index contributed by atoms with van der Waals surface area (Å²) in [6, 6.07) is 8.50. The first-order valence-corrected chi connectivity index (χ1v) is 7.01. The van der Waals surface area contributed by atoms with Crippen molar-refractivity contribution in [2.24, 2.45) is 0 Å². The van der Waals surface area contributed by atoms with E-state index in [-0.39, 0.29) is 18.0 Å². The zero-order chi connectivity index (χ0) is 13.1. The zero-order valence-corrected chi connectivity index (χ0v) is 11.0. The first-order valence-electron chi connectivity index (χ1n) is 7.01. The molecule has 1 amide bonds. The predicted molar refractivity (Wildman–Crippen MR) is 72.8 cm³/mol. The second-order valence-electron chi connectivity index (χ2n) is 5.30. The molecule has 0 aliphatic carbocycles. The molecule has 19 heavy (non-hydrogen) atoms. The van der Waals surface area contributed by atoms with Crippen LogP contribution in [0.15, 0.2) is 24.3 Å². The third-order valence-electron chi connectivity index (χ3n) is 3.97. The van der Waals surface area contributed by atoms with Gasteiger partial charge >= 0.3 is 0 Å². The molecule has 0 radical (unpaired) electrons. The van der Waals surface area contributed by atoms with Gasteiger partial charge < -0.3 is 15.4 Å². The summed E-state index contributed by atoms with van der Waals surface area (Å²) in [7, 11) is 0. The Morgan fingerprint density at radius 1 is 1.21 bits per heavy atom. The van der Waals surface area contributed by atoms with Gasteiger partial charge in [0, 0.05) is 25.8 Å². The normalized spacial score (nSPS) is 23.7. The van der Waals surface area contributed by atoms with E-state index in [9.17, 15) is 4.79 Å². The van der Waals surface area contributed by atoms with Crippen LogP contribution in [0.1, 0.15) is 24.0 Å². The van der Waals surface area contributed by atoms with Gasteiger partial charge in [0.1, 0.15) is 0 Å². The molecular weight excluding hydrogens is 240 g/mol. The molecule has 3 rings (SSSR count). The summed E-state index contributed by atoms with van der Waals surface area (Å²) in [6.07, 6.45) is 2.63. The van der Waals surface area contributed by atoms with Gasteiger partial charge in [0.2, 0.25) is 5.91 Å². The van der Waals surface area contributed by atoms with Crippen LogP contribution in [0, 0.1) is 0 Å². The Bertz CT molecular complexity index is 455. The Morgan fingerprint density at radius 3 is 2.74 bits per heavy atom. The number of hydrogen-bond acceptors (Lipinski definition) is 3. The van der Waals surface area contributed by atoms with E-state index in [2.05, 4.69) is 22.8 Å². The molecule has 1 aromatic rings. The average Bonchev–Trinajstić information content (AvgIpc) is 2.48. The van der Waals surface area contributed by atoms with E-state index in [4.69, 9.17) is 4.74 Å². The van der Waals surface area contributed by atoms with Gasteiger partial charge in [-0.3, -0.25) is 4.79 Å². The van der Waals surface area contributed by atoms with Crippen molar-refractivity contribution in [1.29, 1.82) is 0 Å². The quantitative estimate of drug-likeness (QED) is 0.834. The van der Waals surface area contributed by atoms with Crippen LogP contribution in [0.4, 0.5) is 0 Å². The van der Waals surface area contributed by atoms with Gasteiger partial charge in [0.05, 0.1) is 6.04 Å². The van der Waals surface area contributed by atoms with Crippen molar-refractivity contribution in [1.82, 2.24) is 10.6 Å². The SMILES string of the molecule is O=C(NC1CCOCC1)C1Cc2ccccc2CN1. The Morgan fingerprint density at radius 2 is 1.95 bits per heavy atom. The molecule has 2 N–H and O–H groups in total. The molecule has 0 saturated carbocycles. The maximum absolute atomic E-state index is 12.3. The Kier molecular flexibility index (Phi) is 3.80. The highest BCUT2D eigenvalue weighted by atomic mass is 16.5. The van der Waals surface area contributed by atoms with Gasteiger partial charge in [0.15, 0.2) is 0 Å². The molecule has 1 aromatic carbocycles. The van der Waals surface area contributed by atoms with Gasteiger partial charge in [-0.05, 0) is 30.4 Å². The largest absolute Gasteiger partial charge is 0.381 e. The van der Waals surface area contributed by atoms with Crippen molar-refractivity contribution in [3.63, 3.8) is 0 Å². The van der Waals surface area contributed by atoms with Crippen LogP contribution < -0.4 is 10.6 Å². The maximum atomic E-state index is 12.3.